The predicted octanol–water partition coefficient (Wildman–Crippen LogP) is 7.35. The maximum absolute atomic E-state index is 6.12. The fraction of sp³-hybridized carbons (Fsp3) is 0.406. The zero-order chi connectivity index (χ0) is 25.7. The monoisotopic (exact) mass is 607 g/mol. The first kappa shape index (κ1) is 33.3. The average Bonchev–Trinajstić information content (AvgIpc) is 2.90. The molecule has 0 aliphatic rings. The van der Waals surface area contributed by atoms with Gasteiger partial charge in [-0.1, -0.05) is 99.2 Å². The highest BCUT2D eigenvalue weighted by molar-refractivity contribution is 6.31. The van der Waals surface area contributed by atoms with Crippen molar-refractivity contribution in [3.05, 3.63) is 76.9 Å². The topological polar surface area (TPSA) is 38.2 Å². The van der Waals surface area contributed by atoms with E-state index in [1.165, 1.54) is 98.2 Å². The number of H-pyrrole nitrogens is 1. The van der Waals surface area contributed by atoms with Crippen molar-refractivity contribution in [1.29, 1.82) is 0 Å². The minimum absolute atomic E-state index is 0. The van der Waals surface area contributed by atoms with Gasteiger partial charge in [-0.05, 0) is 48.6 Å². The second-order valence-corrected chi connectivity index (χ2v) is 10.9. The molecule has 0 saturated heterocycles. The maximum atomic E-state index is 6.12. The van der Waals surface area contributed by atoms with Crippen LogP contribution < -0.4 is 28.0 Å². The molecule has 0 aliphatic heterocycles. The number of aromatic amines is 1. The van der Waals surface area contributed by atoms with E-state index in [9.17, 15) is 0 Å². The summed E-state index contributed by atoms with van der Waals surface area (Å²) in [4.78, 5) is 3.27. The van der Waals surface area contributed by atoms with Crippen LogP contribution in [0.25, 0.3) is 21.7 Å². The van der Waals surface area contributed by atoms with Gasteiger partial charge >= 0.3 is 0 Å². The molecule has 0 aliphatic carbocycles. The Hall–Kier alpha value is -1.91. The lowest BCUT2D eigenvalue weighted by molar-refractivity contribution is -0.344. The van der Waals surface area contributed by atoms with Gasteiger partial charge < -0.3 is 23.0 Å². The van der Waals surface area contributed by atoms with E-state index in [4.69, 9.17) is 23.2 Å². The fourth-order valence-corrected chi connectivity index (χ4v) is 5.38. The van der Waals surface area contributed by atoms with Crippen molar-refractivity contribution in [2.24, 2.45) is 0 Å². The third-order valence-electron chi connectivity index (χ3n) is 7.09. The largest absolute Gasteiger partial charge is 1.00 e. The van der Waals surface area contributed by atoms with E-state index in [1.807, 2.05) is 30.5 Å². The molecule has 0 radical (unpaired) electrons. The number of aromatic nitrogens is 1. The van der Waals surface area contributed by atoms with Gasteiger partial charge in [0.15, 0.2) is 6.20 Å². The molecule has 0 saturated carbocycles. The highest BCUT2D eigenvalue weighted by atomic mass is 35.5. The smallest absolute Gasteiger partial charge is 0.214 e. The Labute approximate surface area is 256 Å². The van der Waals surface area contributed by atoms with E-state index < -0.39 is 0 Å². The van der Waals surface area contributed by atoms with Crippen molar-refractivity contribution in [3.8, 4) is 0 Å². The molecule has 0 atom stereocenters. The number of unbranched alkanes of at least 4 members (excludes halogenated alkanes) is 10. The molecule has 3 N–H and O–H groups in total. The minimum atomic E-state index is 0. The lowest BCUT2D eigenvalue weighted by Crippen LogP contribution is -3.00. The molecule has 3 aromatic carbocycles. The third-order valence-corrected chi connectivity index (χ3v) is 7.56. The molecule has 39 heavy (non-hydrogen) atoms. The quantitative estimate of drug-likeness (QED) is 0.130. The normalized spacial score (nSPS) is 10.7. The number of fused-ring (bicyclic) bond motifs is 2. The number of hydrogen-bond acceptors (Lipinski definition) is 2. The van der Waals surface area contributed by atoms with Crippen molar-refractivity contribution in [3.63, 3.8) is 0 Å². The van der Waals surface area contributed by atoms with Gasteiger partial charge in [-0.2, -0.15) is 0 Å². The van der Waals surface area contributed by atoms with E-state index in [0.29, 0.717) is 0 Å². The Morgan fingerprint density at radius 2 is 1.08 bits per heavy atom. The Bertz CT molecular complexity index is 1170. The van der Waals surface area contributed by atoms with Gasteiger partial charge in [0.2, 0.25) is 5.52 Å². The lowest BCUT2D eigenvalue weighted by Gasteiger charge is -2.10. The molecule has 0 unspecified atom stereocenters. The van der Waals surface area contributed by atoms with Crippen LogP contribution >= 0.6 is 35.6 Å². The summed E-state index contributed by atoms with van der Waals surface area (Å²) in [5.41, 5.74) is 3.46. The summed E-state index contributed by atoms with van der Waals surface area (Å²) < 4.78 is 0. The maximum Gasteiger partial charge on any atom is 0.214 e. The zero-order valence-electron chi connectivity index (χ0n) is 22.6. The summed E-state index contributed by atoms with van der Waals surface area (Å²) in [5.74, 6) is 0. The highest BCUT2D eigenvalue weighted by Gasteiger charge is 2.06. The SMILES string of the molecule is Cl.Clc1ccc2c(NCCCCCCCCCCCCCNc3cc[nH+]c4cc(Cl)ccc34)cccc2c1.[Cl-]. The highest BCUT2D eigenvalue weighted by Crippen LogP contribution is 2.26. The first-order valence-electron chi connectivity index (χ1n) is 14.0. The van der Waals surface area contributed by atoms with Crippen LogP contribution in [0.5, 0.6) is 0 Å². The van der Waals surface area contributed by atoms with E-state index in [2.05, 4.69) is 52.0 Å². The van der Waals surface area contributed by atoms with Crippen molar-refractivity contribution < 1.29 is 17.4 Å². The Balaban J connectivity index is 0.00000267. The molecule has 0 bridgehead atoms. The molecule has 212 valence electrons. The number of nitrogens with one attached hydrogen (secondary N) is 3. The van der Waals surface area contributed by atoms with E-state index in [0.717, 1.165) is 28.7 Å². The molecule has 4 rings (SSSR count). The molecule has 0 fully saturated rings. The second kappa shape index (κ2) is 18.4. The molecular formula is C32H41Cl4N3. The van der Waals surface area contributed by atoms with Crippen LogP contribution in [-0.2, 0) is 0 Å². The second-order valence-electron chi connectivity index (χ2n) is 9.99. The van der Waals surface area contributed by atoms with Crippen LogP contribution in [0.1, 0.15) is 70.6 Å². The summed E-state index contributed by atoms with van der Waals surface area (Å²) in [6, 6.07) is 20.6. The minimum Gasteiger partial charge on any atom is -1.00 e. The van der Waals surface area contributed by atoms with Gasteiger partial charge in [0.05, 0.1) is 11.1 Å². The van der Waals surface area contributed by atoms with Gasteiger partial charge in [0.1, 0.15) is 0 Å². The van der Waals surface area contributed by atoms with Crippen LogP contribution in [0, 0.1) is 0 Å². The molecular weight excluding hydrogens is 568 g/mol. The standard InChI is InChI=1S/C32H39Cl2N3.2ClH/c33-26-15-17-28-25(23-26)13-12-14-30(28)35-20-10-8-6-4-2-1-3-5-7-9-11-21-36-31-19-22-37-32-24-27(34)16-18-29(31)32;;/h12-19,22-24,35H,1-11,20-21H2,(H,36,37);2*1H. The van der Waals surface area contributed by atoms with Crippen LogP contribution in [0.4, 0.5) is 11.4 Å². The molecule has 4 aromatic rings. The van der Waals surface area contributed by atoms with Gasteiger partial charge in [0.25, 0.3) is 0 Å². The lowest BCUT2D eigenvalue weighted by atomic mass is 10.1. The first-order valence-corrected chi connectivity index (χ1v) is 14.7. The van der Waals surface area contributed by atoms with Crippen LogP contribution in [0.3, 0.4) is 0 Å². The first-order chi connectivity index (χ1) is 18.2. The summed E-state index contributed by atoms with van der Waals surface area (Å²) in [7, 11) is 0. The molecule has 0 spiro atoms. The summed E-state index contributed by atoms with van der Waals surface area (Å²) >= 11 is 12.2. The number of rotatable bonds is 16. The molecule has 7 heteroatoms. The molecule has 1 heterocycles. The summed E-state index contributed by atoms with van der Waals surface area (Å²) in [6.45, 7) is 2.05. The number of anilines is 2. The van der Waals surface area contributed by atoms with Crippen LogP contribution in [-0.4, -0.2) is 13.1 Å². The van der Waals surface area contributed by atoms with Gasteiger partial charge in [-0.25, -0.2) is 4.98 Å². The number of benzene rings is 3. The zero-order valence-corrected chi connectivity index (χ0v) is 25.7. The van der Waals surface area contributed by atoms with Crippen molar-refractivity contribution in [1.82, 2.24) is 0 Å². The van der Waals surface area contributed by atoms with Gasteiger partial charge in [-0.3, -0.25) is 0 Å². The molecule has 3 nitrogen and oxygen atoms in total. The Kier molecular flexibility index (Phi) is 15.7. The molecule has 0 amide bonds. The Morgan fingerprint density at radius 3 is 1.69 bits per heavy atom. The van der Waals surface area contributed by atoms with Crippen LogP contribution in [0.2, 0.25) is 10.0 Å². The van der Waals surface area contributed by atoms with Crippen molar-refractivity contribution in [2.75, 3.05) is 23.7 Å². The summed E-state index contributed by atoms with van der Waals surface area (Å²) in [6.07, 6.45) is 16.6. The number of hydrogen-bond donors (Lipinski definition) is 2. The van der Waals surface area contributed by atoms with Gasteiger partial charge in [-0.15, -0.1) is 12.4 Å². The number of pyridine rings is 1. The third kappa shape index (κ3) is 10.9. The van der Waals surface area contributed by atoms with Crippen molar-refractivity contribution in [2.45, 2.75) is 70.6 Å². The number of halogens is 4. The van der Waals surface area contributed by atoms with E-state index >= 15 is 0 Å². The fourth-order valence-electron chi connectivity index (χ4n) is 5.03. The van der Waals surface area contributed by atoms with E-state index in [-0.39, 0.29) is 24.8 Å². The van der Waals surface area contributed by atoms with Gasteiger partial charge in [0, 0.05) is 46.3 Å². The molecule has 1 aromatic heterocycles. The summed E-state index contributed by atoms with van der Waals surface area (Å²) in [5, 5.41) is 12.4. The van der Waals surface area contributed by atoms with Crippen molar-refractivity contribution >= 4 is 68.7 Å². The van der Waals surface area contributed by atoms with Crippen LogP contribution in [0.15, 0.2) is 66.9 Å². The van der Waals surface area contributed by atoms with E-state index in [1.54, 1.807) is 0 Å². The predicted molar refractivity (Wildman–Crippen MR) is 169 cm³/mol. The Morgan fingerprint density at radius 1 is 0.564 bits per heavy atom. The average molecular weight is 610 g/mol.